The first kappa shape index (κ1) is 32.0. The molecule has 4 rings (SSSR count). The number of methoxy groups -OCH3 is 1. The molecular formula is C37H40N2O5. The summed E-state index contributed by atoms with van der Waals surface area (Å²) in [7, 11) is 1.35. The van der Waals surface area contributed by atoms with Gasteiger partial charge in [-0.05, 0) is 54.8 Å². The minimum Gasteiger partial charge on any atom is -0.492 e. The smallest absolute Gasteiger partial charge is 0.328 e. The molecule has 0 saturated carbocycles. The van der Waals surface area contributed by atoms with Crippen LogP contribution in [-0.2, 0) is 20.7 Å². The molecule has 0 radical (unpaired) electrons. The van der Waals surface area contributed by atoms with Crippen LogP contribution in [0.3, 0.4) is 0 Å². The Morgan fingerprint density at radius 3 is 2.02 bits per heavy atom. The summed E-state index contributed by atoms with van der Waals surface area (Å²) in [5, 5.41) is 3.24. The van der Waals surface area contributed by atoms with Gasteiger partial charge in [0.05, 0.1) is 13.7 Å². The van der Waals surface area contributed by atoms with Crippen molar-refractivity contribution in [3.8, 4) is 5.75 Å². The van der Waals surface area contributed by atoms with Gasteiger partial charge in [0.25, 0.3) is 0 Å². The standard InChI is InChI=1S/C37H40N2O5/c1-4-28(5-2)36(41)39(30-16-10-7-11-17-30)24-25-44-31-22-20-27(21-23-31)26-34(37(42)43-3)38-33-19-13-12-18-32(33)35(40)29-14-8-6-9-15-29/h6-23,28,34,38H,4-5,24-26H2,1-3H3. The summed E-state index contributed by atoms with van der Waals surface area (Å²) in [5.41, 5.74) is 3.35. The van der Waals surface area contributed by atoms with Gasteiger partial charge in [0.2, 0.25) is 5.91 Å². The van der Waals surface area contributed by atoms with Gasteiger partial charge in [-0.1, -0.05) is 86.6 Å². The lowest BCUT2D eigenvalue weighted by atomic mass is 10.00. The number of nitrogens with one attached hydrogen (secondary N) is 1. The largest absolute Gasteiger partial charge is 0.492 e. The maximum Gasteiger partial charge on any atom is 0.328 e. The zero-order chi connectivity index (χ0) is 31.3. The number of carbonyl (C=O) groups is 3. The van der Waals surface area contributed by atoms with Crippen molar-refractivity contribution in [1.82, 2.24) is 0 Å². The second-order valence-electron chi connectivity index (χ2n) is 10.5. The molecular weight excluding hydrogens is 552 g/mol. The lowest BCUT2D eigenvalue weighted by molar-refractivity contribution is -0.141. The van der Waals surface area contributed by atoms with Crippen LogP contribution >= 0.6 is 0 Å². The third-order valence-corrected chi connectivity index (χ3v) is 7.64. The Hall–Kier alpha value is -4.91. The minimum absolute atomic E-state index is 0.0331. The van der Waals surface area contributed by atoms with Crippen molar-refractivity contribution in [3.05, 3.63) is 126 Å². The molecule has 0 heterocycles. The summed E-state index contributed by atoms with van der Waals surface area (Å²) in [4.78, 5) is 41.0. The first-order chi connectivity index (χ1) is 21.4. The Bertz CT molecular complexity index is 1500. The van der Waals surface area contributed by atoms with Gasteiger partial charge in [-0.3, -0.25) is 9.59 Å². The number of para-hydroxylation sites is 2. The van der Waals surface area contributed by atoms with E-state index in [1.165, 1.54) is 7.11 Å². The van der Waals surface area contributed by atoms with E-state index in [0.717, 1.165) is 24.1 Å². The fraction of sp³-hybridized carbons (Fsp3) is 0.270. The number of nitrogens with zero attached hydrogens (tertiary/aromatic N) is 1. The van der Waals surface area contributed by atoms with E-state index in [1.807, 2.05) is 92.7 Å². The van der Waals surface area contributed by atoms with Gasteiger partial charge in [-0.2, -0.15) is 0 Å². The summed E-state index contributed by atoms with van der Waals surface area (Å²) in [6.45, 7) is 4.84. The summed E-state index contributed by atoms with van der Waals surface area (Å²) in [5.74, 6) is 0.169. The maximum atomic E-state index is 13.2. The van der Waals surface area contributed by atoms with Crippen molar-refractivity contribution < 1.29 is 23.9 Å². The van der Waals surface area contributed by atoms with Crippen molar-refractivity contribution in [1.29, 1.82) is 0 Å². The Morgan fingerprint density at radius 2 is 1.39 bits per heavy atom. The van der Waals surface area contributed by atoms with Gasteiger partial charge in [-0.25, -0.2) is 4.79 Å². The molecule has 0 bridgehead atoms. The molecule has 1 atom stereocenters. The van der Waals surface area contributed by atoms with E-state index in [0.29, 0.717) is 42.1 Å². The van der Waals surface area contributed by atoms with Crippen LogP contribution in [0, 0.1) is 5.92 Å². The van der Waals surface area contributed by atoms with Crippen molar-refractivity contribution in [2.24, 2.45) is 5.92 Å². The number of benzene rings is 4. The van der Waals surface area contributed by atoms with Crippen LogP contribution < -0.4 is 15.0 Å². The first-order valence-electron chi connectivity index (χ1n) is 15.1. The van der Waals surface area contributed by atoms with Crippen molar-refractivity contribution in [2.75, 3.05) is 30.5 Å². The average Bonchev–Trinajstić information content (AvgIpc) is 3.08. The molecule has 0 aliphatic heterocycles. The highest BCUT2D eigenvalue weighted by Gasteiger charge is 2.24. The summed E-state index contributed by atoms with van der Waals surface area (Å²) >= 11 is 0. The number of ether oxygens (including phenoxy) is 2. The lowest BCUT2D eigenvalue weighted by Crippen LogP contribution is -2.38. The molecule has 4 aromatic carbocycles. The van der Waals surface area contributed by atoms with Crippen LogP contribution in [0.2, 0.25) is 0 Å². The van der Waals surface area contributed by atoms with Gasteiger partial charge in [0.15, 0.2) is 5.78 Å². The van der Waals surface area contributed by atoms with Crippen LogP contribution in [0.1, 0.15) is 48.2 Å². The SMILES string of the molecule is CCC(CC)C(=O)N(CCOc1ccc(CC(Nc2ccccc2C(=O)c2ccccc2)C(=O)OC)cc1)c1ccccc1. The molecule has 0 aliphatic carbocycles. The van der Waals surface area contributed by atoms with Crippen LogP contribution in [0.25, 0.3) is 0 Å². The van der Waals surface area contributed by atoms with Crippen LogP contribution in [0.4, 0.5) is 11.4 Å². The molecule has 228 valence electrons. The lowest BCUT2D eigenvalue weighted by Gasteiger charge is -2.26. The number of esters is 1. The number of hydrogen-bond acceptors (Lipinski definition) is 6. The molecule has 7 heteroatoms. The van der Waals surface area contributed by atoms with E-state index in [9.17, 15) is 14.4 Å². The monoisotopic (exact) mass is 592 g/mol. The second-order valence-corrected chi connectivity index (χ2v) is 10.5. The molecule has 4 aromatic rings. The molecule has 0 aliphatic rings. The topological polar surface area (TPSA) is 84.9 Å². The highest BCUT2D eigenvalue weighted by Crippen LogP contribution is 2.23. The van der Waals surface area contributed by atoms with E-state index < -0.39 is 12.0 Å². The zero-order valence-electron chi connectivity index (χ0n) is 25.6. The Kier molecular flexibility index (Phi) is 11.7. The van der Waals surface area contributed by atoms with Gasteiger partial charge < -0.3 is 19.7 Å². The molecule has 0 aromatic heterocycles. The summed E-state index contributed by atoms with van der Waals surface area (Å²) in [6.07, 6.45) is 1.92. The number of anilines is 2. The minimum atomic E-state index is -0.716. The fourth-order valence-electron chi connectivity index (χ4n) is 5.12. The van der Waals surface area contributed by atoms with Crippen molar-refractivity contribution >= 4 is 29.0 Å². The number of ketones is 1. The molecule has 0 saturated heterocycles. The molecule has 0 spiro atoms. The van der Waals surface area contributed by atoms with E-state index in [1.54, 1.807) is 35.2 Å². The highest BCUT2D eigenvalue weighted by atomic mass is 16.5. The number of amides is 1. The van der Waals surface area contributed by atoms with Gasteiger partial charge in [0, 0.05) is 34.8 Å². The molecule has 1 N–H and O–H groups in total. The summed E-state index contributed by atoms with van der Waals surface area (Å²) in [6, 6.07) is 32.7. The Labute approximate surface area is 259 Å². The average molecular weight is 593 g/mol. The zero-order valence-corrected chi connectivity index (χ0v) is 25.6. The van der Waals surface area contributed by atoms with Gasteiger partial charge >= 0.3 is 5.97 Å². The molecule has 44 heavy (non-hydrogen) atoms. The number of carbonyl (C=O) groups excluding carboxylic acids is 3. The van der Waals surface area contributed by atoms with Crippen LogP contribution in [-0.4, -0.2) is 44.0 Å². The van der Waals surface area contributed by atoms with E-state index in [2.05, 4.69) is 5.32 Å². The number of rotatable bonds is 15. The predicted molar refractivity (Wildman–Crippen MR) is 174 cm³/mol. The van der Waals surface area contributed by atoms with Gasteiger partial charge in [-0.15, -0.1) is 0 Å². The quantitative estimate of drug-likeness (QED) is 0.119. The van der Waals surface area contributed by atoms with Crippen LogP contribution in [0.15, 0.2) is 109 Å². The number of hydrogen-bond donors (Lipinski definition) is 1. The first-order valence-corrected chi connectivity index (χ1v) is 15.1. The highest BCUT2D eigenvalue weighted by molar-refractivity contribution is 6.12. The summed E-state index contributed by atoms with van der Waals surface area (Å²) < 4.78 is 11.1. The molecule has 1 amide bonds. The van der Waals surface area contributed by atoms with Crippen LogP contribution in [0.5, 0.6) is 5.75 Å². The van der Waals surface area contributed by atoms with Crippen molar-refractivity contribution in [3.63, 3.8) is 0 Å². The molecule has 0 fully saturated rings. The molecule has 7 nitrogen and oxygen atoms in total. The Balaban J connectivity index is 1.42. The normalized spacial score (nSPS) is 11.5. The van der Waals surface area contributed by atoms with E-state index in [-0.39, 0.29) is 17.6 Å². The fourth-order valence-corrected chi connectivity index (χ4v) is 5.12. The van der Waals surface area contributed by atoms with Crippen molar-refractivity contribution in [2.45, 2.75) is 39.2 Å². The Morgan fingerprint density at radius 1 is 0.773 bits per heavy atom. The van der Waals surface area contributed by atoms with Gasteiger partial charge in [0.1, 0.15) is 18.4 Å². The van der Waals surface area contributed by atoms with E-state index in [4.69, 9.17) is 9.47 Å². The second kappa shape index (κ2) is 16.1. The third kappa shape index (κ3) is 8.34. The third-order valence-electron chi connectivity index (χ3n) is 7.64. The van der Waals surface area contributed by atoms with E-state index >= 15 is 0 Å². The predicted octanol–water partition coefficient (Wildman–Crippen LogP) is 6.96. The maximum absolute atomic E-state index is 13.2. The molecule has 1 unspecified atom stereocenters.